The summed E-state index contributed by atoms with van der Waals surface area (Å²) < 4.78 is 5.23. The van der Waals surface area contributed by atoms with Crippen molar-refractivity contribution in [3.63, 3.8) is 0 Å². The lowest BCUT2D eigenvalue weighted by atomic mass is 10.0. The third-order valence-corrected chi connectivity index (χ3v) is 5.49. The quantitative estimate of drug-likeness (QED) is 0.373. The Labute approximate surface area is 187 Å². The van der Waals surface area contributed by atoms with Crippen LogP contribution in [0.2, 0.25) is 0 Å². The highest BCUT2D eigenvalue weighted by Crippen LogP contribution is 2.35. The van der Waals surface area contributed by atoms with Crippen molar-refractivity contribution in [3.8, 4) is 0 Å². The summed E-state index contributed by atoms with van der Waals surface area (Å²) >= 11 is 0. The number of benzene rings is 1. The number of nitrogens with one attached hydrogen (secondary N) is 1. The highest BCUT2D eigenvalue weighted by molar-refractivity contribution is 5.90. The van der Waals surface area contributed by atoms with E-state index in [4.69, 9.17) is 4.74 Å². The molecule has 1 N–H and O–H groups in total. The number of hydrogen-bond acceptors (Lipinski definition) is 9. The minimum atomic E-state index is -0.458. The minimum Gasteiger partial charge on any atom is -0.462 e. The zero-order valence-electron chi connectivity index (χ0n) is 18.9. The van der Waals surface area contributed by atoms with Gasteiger partial charge < -0.3 is 19.9 Å². The van der Waals surface area contributed by atoms with Crippen molar-refractivity contribution in [2.75, 3.05) is 44.0 Å². The summed E-state index contributed by atoms with van der Waals surface area (Å²) in [4.78, 5) is 36.0. The van der Waals surface area contributed by atoms with E-state index >= 15 is 0 Å². The van der Waals surface area contributed by atoms with E-state index in [-0.39, 0.29) is 29.3 Å². The van der Waals surface area contributed by atoms with E-state index in [1.807, 2.05) is 25.8 Å². The van der Waals surface area contributed by atoms with Gasteiger partial charge in [-0.2, -0.15) is 0 Å². The number of nitrogens with zero attached hydrogens (tertiary/aromatic N) is 5. The van der Waals surface area contributed by atoms with Crippen molar-refractivity contribution in [2.45, 2.75) is 32.7 Å². The Kier molecular flexibility index (Phi) is 7.57. The van der Waals surface area contributed by atoms with Crippen LogP contribution in [0, 0.1) is 16.0 Å². The molecule has 0 amide bonds. The second-order valence-corrected chi connectivity index (χ2v) is 8.49. The zero-order valence-corrected chi connectivity index (χ0v) is 18.9. The molecule has 0 spiro atoms. The number of piperidine rings is 1. The molecule has 32 heavy (non-hydrogen) atoms. The molecule has 1 fully saturated rings. The molecule has 1 aliphatic heterocycles. The molecule has 0 unspecified atom stereocenters. The van der Waals surface area contributed by atoms with Gasteiger partial charge in [0.2, 0.25) is 11.6 Å². The summed E-state index contributed by atoms with van der Waals surface area (Å²) in [5.74, 6) is 0.242. The van der Waals surface area contributed by atoms with Crippen LogP contribution in [0.4, 0.5) is 23.0 Å². The fourth-order valence-electron chi connectivity index (χ4n) is 3.59. The maximum atomic E-state index is 12.1. The van der Waals surface area contributed by atoms with Crippen molar-refractivity contribution < 1.29 is 14.5 Å². The Balaban J connectivity index is 1.79. The molecule has 0 radical (unpaired) electrons. The average molecular weight is 443 g/mol. The second kappa shape index (κ2) is 10.4. The summed E-state index contributed by atoms with van der Waals surface area (Å²) in [6.45, 7) is 6.15. The largest absolute Gasteiger partial charge is 0.462 e. The highest BCUT2D eigenvalue weighted by atomic mass is 16.6. The van der Waals surface area contributed by atoms with E-state index in [1.165, 1.54) is 6.33 Å². The lowest BCUT2D eigenvalue weighted by molar-refractivity contribution is -0.383. The van der Waals surface area contributed by atoms with Gasteiger partial charge in [0.15, 0.2) is 0 Å². The lowest BCUT2D eigenvalue weighted by Gasteiger charge is -2.35. The number of nitro groups is 1. The van der Waals surface area contributed by atoms with Gasteiger partial charge >= 0.3 is 11.7 Å². The first-order chi connectivity index (χ1) is 15.3. The number of carbonyl (C=O) groups excluding carboxylic acids is 1. The minimum absolute atomic E-state index is 0.106. The van der Waals surface area contributed by atoms with Crippen molar-refractivity contribution in [2.24, 2.45) is 5.92 Å². The number of esters is 1. The third-order valence-electron chi connectivity index (χ3n) is 5.49. The third kappa shape index (κ3) is 5.70. The van der Waals surface area contributed by atoms with Crippen LogP contribution >= 0.6 is 0 Å². The number of carbonyl (C=O) groups is 1. The molecule has 1 aliphatic rings. The van der Waals surface area contributed by atoms with Gasteiger partial charge in [-0.05, 0) is 63.2 Å². The van der Waals surface area contributed by atoms with Gasteiger partial charge in [0.1, 0.15) is 6.33 Å². The van der Waals surface area contributed by atoms with E-state index in [2.05, 4.69) is 27.2 Å². The molecule has 1 saturated heterocycles. The van der Waals surface area contributed by atoms with Crippen molar-refractivity contribution in [3.05, 3.63) is 46.3 Å². The molecule has 1 aromatic carbocycles. The van der Waals surface area contributed by atoms with Gasteiger partial charge in [0.25, 0.3) is 0 Å². The number of aromatic nitrogens is 2. The van der Waals surface area contributed by atoms with Crippen LogP contribution in [-0.2, 0) is 4.74 Å². The first-order valence-electron chi connectivity index (χ1n) is 10.7. The molecule has 10 heteroatoms. The number of anilines is 3. The zero-order chi connectivity index (χ0) is 23.3. The number of rotatable bonds is 8. The predicted octanol–water partition coefficient (Wildman–Crippen LogP) is 3.47. The molecule has 0 atom stereocenters. The van der Waals surface area contributed by atoms with Crippen LogP contribution in [0.3, 0.4) is 0 Å². The van der Waals surface area contributed by atoms with Crippen LogP contribution in [0.5, 0.6) is 0 Å². The molecule has 0 saturated carbocycles. The molecule has 0 bridgehead atoms. The van der Waals surface area contributed by atoms with Crippen molar-refractivity contribution in [1.29, 1.82) is 0 Å². The molecular formula is C22H30N6O4. The van der Waals surface area contributed by atoms with E-state index in [1.54, 1.807) is 24.3 Å². The molecular weight excluding hydrogens is 412 g/mol. The smallest absolute Gasteiger partial charge is 0.353 e. The molecule has 0 aliphatic carbocycles. The molecule has 172 valence electrons. The molecule has 2 heterocycles. The number of hydrogen-bond donors (Lipinski definition) is 1. The second-order valence-electron chi connectivity index (χ2n) is 8.49. The Morgan fingerprint density at radius 1 is 1.28 bits per heavy atom. The normalized spacial score (nSPS) is 14.9. The predicted molar refractivity (Wildman–Crippen MR) is 122 cm³/mol. The van der Waals surface area contributed by atoms with Gasteiger partial charge in [-0.15, -0.1) is 0 Å². The Hall–Kier alpha value is -3.27. The van der Waals surface area contributed by atoms with Crippen LogP contribution in [0.15, 0.2) is 30.6 Å². The highest BCUT2D eigenvalue weighted by Gasteiger charge is 2.30. The SMILES string of the molecule is CC(C)COC(=O)c1ccc(Nc2ncnc(N(C)C3CCN(C)CC3)c2[N+](=O)[O-])cc1. The maximum Gasteiger partial charge on any atom is 0.353 e. The summed E-state index contributed by atoms with van der Waals surface area (Å²) in [6, 6.07) is 6.73. The van der Waals surface area contributed by atoms with E-state index in [0.717, 1.165) is 25.9 Å². The summed E-state index contributed by atoms with van der Waals surface area (Å²) in [7, 11) is 3.91. The van der Waals surface area contributed by atoms with Crippen LogP contribution in [-0.4, -0.2) is 65.6 Å². The van der Waals surface area contributed by atoms with E-state index in [9.17, 15) is 14.9 Å². The molecule has 1 aromatic heterocycles. The number of ether oxygens (including phenoxy) is 1. The average Bonchev–Trinajstić information content (AvgIpc) is 2.77. The standard InChI is InChI=1S/C22H30N6O4/c1-15(2)13-32-22(29)16-5-7-17(8-6-16)25-20-19(28(30)31)21(24-14-23-20)27(4)18-9-11-26(3)12-10-18/h5-8,14-15,18H,9-13H2,1-4H3,(H,23,24,25). The Bertz CT molecular complexity index is 942. The van der Waals surface area contributed by atoms with Gasteiger partial charge in [-0.1, -0.05) is 13.8 Å². The monoisotopic (exact) mass is 442 g/mol. The summed E-state index contributed by atoms with van der Waals surface area (Å²) in [6.07, 6.45) is 3.14. The van der Waals surface area contributed by atoms with Gasteiger partial charge in [-0.25, -0.2) is 14.8 Å². The lowest BCUT2D eigenvalue weighted by Crippen LogP contribution is -2.42. The van der Waals surface area contributed by atoms with Crippen LogP contribution in [0.1, 0.15) is 37.0 Å². The first kappa shape index (κ1) is 23.4. The fourth-order valence-corrected chi connectivity index (χ4v) is 3.59. The number of likely N-dealkylation sites (tertiary alicyclic amines) is 1. The Morgan fingerprint density at radius 2 is 1.94 bits per heavy atom. The summed E-state index contributed by atoms with van der Waals surface area (Å²) in [5.41, 5.74) is 0.811. The van der Waals surface area contributed by atoms with E-state index < -0.39 is 10.9 Å². The van der Waals surface area contributed by atoms with E-state index in [0.29, 0.717) is 17.9 Å². The van der Waals surface area contributed by atoms with Crippen LogP contribution in [0.25, 0.3) is 0 Å². The molecule has 3 rings (SSSR count). The maximum absolute atomic E-state index is 12.1. The topological polar surface area (TPSA) is 114 Å². The molecule has 10 nitrogen and oxygen atoms in total. The van der Waals surface area contributed by atoms with Gasteiger partial charge in [0, 0.05) is 18.8 Å². The Morgan fingerprint density at radius 3 is 2.53 bits per heavy atom. The van der Waals surface area contributed by atoms with Crippen molar-refractivity contribution >= 4 is 29.0 Å². The van der Waals surface area contributed by atoms with Gasteiger partial charge in [0.05, 0.1) is 17.1 Å². The van der Waals surface area contributed by atoms with Crippen LogP contribution < -0.4 is 10.2 Å². The summed E-state index contributed by atoms with van der Waals surface area (Å²) in [5, 5.41) is 14.9. The fraction of sp³-hybridized carbons (Fsp3) is 0.500. The van der Waals surface area contributed by atoms with Gasteiger partial charge in [-0.3, -0.25) is 10.1 Å². The first-order valence-corrected chi connectivity index (χ1v) is 10.7. The molecule has 2 aromatic rings. The van der Waals surface area contributed by atoms with Crippen molar-refractivity contribution in [1.82, 2.24) is 14.9 Å².